The first-order valence-corrected chi connectivity index (χ1v) is 11.6. The number of sulfonamides is 1. The third-order valence-corrected chi connectivity index (χ3v) is 7.48. The lowest BCUT2D eigenvalue weighted by atomic mass is 10.2. The van der Waals surface area contributed by atoms with Crippen LogP contribution in [-0.2, 0) is 16.6 Å². The van der Waals surface area contributed by atoms with Gasteiger partial charge in [0, 0.05) is 42.8 Å². The number of benzene rings is 2. The molecule has 0 radical (unpaired) electrons. The lowest BCUT2D eigenvalue weighted by molar-refractivity contribution is 0.278. The number of halogens is 1. The molecular formula is C22H24ClN3O2S. The zero-order valence-corrected chi connectivity index (χ0v) is 18.0. The van der Waals surface area contributed by atoms with Crippen molar-refractivity contribution in [2.45, 2.75) is 24.8 Å². The molecular weight excluding hydrogens is 406 g/mol. The first-order valence-electron chi connectivity index (χ1n) is 9.76. The molecule has 0 bridgehead atoms. The highest BCUT2D eigenvalue weighted by Gasteiger charge is 2.28. The molecule has 1 aliphatic rings. The van der Waals surface area contributed by atoms with E-state index >= 15 is 0 Å². The Balaban J connectivity index is 1.53. The van der Waals surface area contributed by atoms with Crippen LogP contribution in [-0.4, -0.2) is 48.8 Å². The van der Waals surface area contributed by atoms with E-state index in [0.717, 1.165) is 35.5 Å². The van der Waals surface area contributed by atoms with Gasteiger partial charge in [-0.2, -0.15) is 4.31 Å². The van der Waals surface area contributed by atoms with Gasteiger partial charge in [0.05, 0.1) is 5.52 Å². The molecule has 2 aromatic carbocycles. The van der Waals surface area contributed by atoms with E-state index in [9.17, 15) is 8.42 Å². The minimum atomic E-state index is -3.60. The van der Waals surface area contributed by atoms with E-state index in [1.807, 2.05) is 43.3 Å². The Bertz CT molecular complexity index is 1120. The monoisotopic (exact) mass is 429 g/mol. The Hall–Kier alpha value is -1.99. The number of rotatable bonds is 4. The Labute approximate surface area is 177 Å². The van der Waals surface area contributed by atoms with Crippen molar-refractivity contribution in [2.24, 2.45) is 0 Å². The van der Waals surface area contributed by atoms with Gasteiger partial charge >= 0.3 is 0 Å². The van der Waals surface area contributed by atoms with Crippen LogP contribution in [0.3, 0.4) is 0 Å². The smallest absolute Gasteiger partial charge is 0.245 e. The third kappa shape index (κ3) is 4.46. The maximum Gasteiger partial charge on any atom is 0.245 e. The summed E-state index contributed by atoms with van der Waals surface area (Å²) >= 11 is 5.97. The van der Waals surface area contributed by atoms with Crippen molar-refractivity contribution in [3.05, 3.63) is 70.9 Å². The number of aromatic nitrogens is 1. The van der Waals surface area contributed by atoms with E-state index < -0.39 is 10.0 Å². The summed E-state index contributed by atoms with van der Waals surface area (Å²) < 4.78 is 28.4. The highest BCUT2D eigenvalue weighted by Crippen LogP contribution is 2.26. The quantitative estimate of drug-likeness (QED) is 0.626. The van der Waals surface area contributed by atoms with Gasteiger partial charge in [0.15, 0.2) is 0 Å². The molecule has 1 saturated heterocycles. The van der Waals surface area contributed by atoms with Gasteiger partial charge in [-0.15, -0.1) is 0 Å². The number of nitrogens with zero attached hydrogens (tertiary/aromatic N) is 3. The van der Waals surface area contributed by atoms with E-state index in [2.05, 4.69) is 9.88 Å². The van der Waals surface area contributed by atoms with Crippen LogP contribution in [0.4, 0.5) is 0 Å². The molecule has 0 spiro atoms. The normalized spacial score (nSPS) is 16.8. The standard InChI is InChI=1S/C22H24ClN3O2S/c1-17-14-19-4-2-5-21(22(19)24-15-17)29(27,28)26-11-3-10-25(12-13-26)16-18-6-8-20(23)9-7-18/h2,4-9,14-15H,3,10-13,16H2,1H3. The summed E-state index contributed by atoms with van der Waals surface area (Å²) in [5, 5.41) is 1.58. The summed E-state index contributed by atoms with van der Waals surface area (Å²) in [5.74, 6) is 0. The van der Waals surface area contributed by atoms with Crippen LogP contribution in [0, 0.1) is 6.92 Å². The van der Waals surface area contributed by atoms with E-state index in [0.29, 0.717) is 30.0 Å². The van der Waals surface area contributed by atoms with Gasteiger partial charge in [0.2, 0.25) is 10.0 Å². The van der Waals surface area contributed by atoms with Crippen LogP contribution in [0.15, 0.2) is 59.6 Å². The fourth-order valence-corrected chi connectivity index (χ4v) is 5.54. The molecule has 29 heavy (non-hydrogen) atoms. The van der Waals surface area contributed by atoms with Gasteiger partial charge in [0.25, 0.3) is 0 Å². The van der Waals surface area contributed by atoms with Gasteiger partial charge in [-0.1, -0.05) is 35.9 Å². The Morgan fingerprint density at radius 2 is 1.83 bits per heavy atom. The van der Waals surface area contributed by atoms with Crippen LogP contribution in [0.1, 0.15) is 17.5 Å². The molecule has 1 aliphatic heterocycles. The maximum atomic E-state index is 13.4. The molecule has 7 heteroatoms. The number of aryl methyl sites for hydroxylation is 1. The fourth-order valence-electron chi connectivity index (χ4n) is 3.78. The molecule has 5 nitrogen and oxygen atoms in total. The second-order valence-corrected chi connectivity index (χ2v) is 9.84. The summed E-state index contributed by atoms with van der Waals surface area (Å²) in [7, 11) is -3.60. The number of hydrogen-bond donors (Lipinski definition) is 0. The second-order valence-electron chi connectivity index (χ2n) is 7.50. The van der Waals surface area contributed by atoms with Gasteiger partial charge in [0.1, 0.15) is 4.90 Å². The number of hydrogen-bond acceptors (Lipinski definition) is 4. The first-order chi connectivity index (χ1) is 13.9. The molecule has 0 aliphatic carbocycles. The molecule has 1 aromatic heterocycles. The molecule has 0 N–H and O–H groups in total. The molecule has 2 heterocycles. The van der Waals surface area contributed by atoms with E-state index in [4.69, 9.17) is 11.6 Å². The number of fused-ring (bicyclic) bond motifs is 1. The summed E-state index contributed by atoms with van der Waals surface area (Å²) in [6.07, 6.45) is 2.52. The fraction of sp³-hybridized carbons (Fsp3) is 0.318. The predicted molar refractivity (Wildman–Crippen MR) is 117 cm³/mol. The average molecular weight is 430 g/mol. The summed E-state index contributed by atoms with van der Waals surface area (Å²) in [6.45, 7) is 5.29. The number of para-hydroxylation sites is 1. The molecule has 152 valence electrons. The molecule has 3 aromatic rings. The van der Waals surface area contributed by atoms with Gasteiger partial charge in [-0.05, 0) is 55.3 Å². The Kier molecular flexibility index (Phi) is 5.88. The van der Waals surface area contributed by atoms with Crippen molar-refractivity contribution in [1.82, 2.24) is 14.2 Å². The van der Waals surface area contributed by atoms with Crippen LogP contribution in [0.5, 0.6) is 0 Å². The van der Waals surface area contributed by atoms with Crippen molar-refractivity contribution in [3.63, 3.8) is 0 Å². The van der Waals surface area contributed by atoms with Crippen molar-refractivity contribution in [3.8, 4) is 0 Å². The van der Waals surface area contributed by atoms with Crippen molar-refractivity contribution >= 4 is 32.5 Å². The molecule has 4 rings (SSSR count). The summed E-state index contributed by atoms with van der Waals surface area (Å²) in [5.41, 5.74) is 2.74. The second kappa shape index (κ2) is 8.40. The molecule has 1 fully saturated rings. The van der Waals surface area contributed by atoms with Crippen molar-refractivity contribution < 1.29 is 8.42 Å². The zero-order valence-electron chi connectivity index (χ0n) is 16.4. The number of pyridine rings is 1. The van der Waals surface area contributed by atoms with Gasteiger partial charge < -0.3 is 0 Å². The molecule has 0 saturated carbocycles. The SMILES string of the molecule is Cc1cnc2c(S(=O)(=O)N3CCCN(Cc4ccc(Cl)cc4)CC3)cccc2c1. The summed E-state index contributed by atoms with van der Waals surface area (Å²) in [4.78, 5) is 7.00. The van der Waals surface area contributed by atoms with Gasteiger partial charge in [-0.3, -0.25) is 9.88 Å². The lowest BCUT2D eigenvalue weighted by Gasteiger charge is -2.22. The van der Waals surface area contributed by atoms with Crippen LogP contribution in [0.2, 0.25) is 5.02 Å². The largest absolute Gasteiger partial charge is 0.298 e. The summed E-state index contributed by atoms with van der Waals surface area (Å²) in [6, 6.07) is 15.2. The minimum absolute atomic E-state index is 0.293. The van der Waals surface area contributed by atoms with E-state index in [1.54, 1.807) is 22.6 Å². The average Bonchev–Trinajstić information content (AvgIpc) is 2.95. The van der Waals surface area contributed by atoms with E-state index in [1.165, 1.54) is 5.56 Å². The van der Waals surface area contributed by atoms with Crippen molar-refractivity contribution in [2.75, 3.05) is 26.2 Å². The van der Waals surface area contributed by atoms with Crippen molar-refractivity contribution in [1.29, 1.82) is 0 Å². The lowest BCUT2D eigenvalue weighted by Crippen LogP contribution is -2.35. The van der Waals surface area contributed by atoms with Crippen LogP contribution < -0.4 is 0 Å². The highest BCUT2D eigenvalue weighted by molar-refractivity contribution is 7.89. The third-order valence-electron chi connectivity index (χ3n) is 5.30. The Morgan fingerprint density at radius 3 is 2.62 bits per heavy atom. The highest BCUT2D eigenvalue weighted by atomic mass is 35.5. The molecule has 0 unspecified atom stereocenters. The molecule has 0 atom stereocenters. The van der Waals surface area contributed by atoms with E-state index in [-0.39, 0.29) is 0 Å². The van der Waals surface area contributed by atoms with Crippen LogP contribution >= 0.6 is 11.6 Å². The van der Waals surface area contributed by atoms with Gasteiger partial charge in [-0.25, -0.2) is 8.42 Å². The topological polar surface area (TPSA) is 53.5 Å². The predicted octanol–water partition coefficient (Wildman–Crippen LogP) is 4.09. The zero-order chi connectivity index (χ0) is 20.4. The maximum absolute atomic E-state index is 13.4. The minimum Gasteiger partial charge on any atom is -0.298 e. The van der Waals surface area contributed by atoms with Crippen LogP contribution in [0.25, 0.3) is 10.9 Å². The first kappa shape index (κ1) is 20.3. The Morgan fingerprint density at radius 1 is 1.03 bits per heavy atom. The molecule has 0 amide bonds.